The van der Waals surface area contributed by atoms with E-state index < -0.39 is 29.6 Å². The Balaban J connectivity index is 2.14. The zero-order valence-electron chi connectivity index (χ0n) is 13.8. The van der Waals surface area contributed by atoms with Crippen molar-refractivity contribution >= 4 is 11.8 Å². The number of hydrogen-bond donors (Lipinski definition) is 2. The van der Waals surface area contributed by atoms with E-state index in [1.54, 1.807) is 24.3 Å². The van der Waals surface area contributed by atoms with Crippen LogP contribution in [0.5, 0.6) is 5.75 Å². The molecule has 138 valence electrons. The van der Waals surface area contributed by atoms with E-state index in [-0.39, 0.29) is 12.0 Å². The van der Waals surface area contributed by atoms with Gasteiger partial charge in [-0.15, -0.1) is 0 Å². The van der Waals surface area contributed by atoms with Crippen LogP contribution in [0.2, 0.25) is 0 Å². The highest BCUT2D eigenvalue weighted by Crippen LogP contribution is 2.29. The molecule has 3 N–H and O–H groups in total. The van der Waals surface area contributed by atoms with Crippen LogP contribution in [0.3, 0.4) is 0 Å². The maximum atomic E-state index is 12.8. The summed E-state index contributed by atoms with van der Waals surface area (Å²) in [5.41, 5.74) is 4.86. The molecule has 0 fully saturated rings. The number of halogens is 3. The molecule has 26 heavy (non-hydrogen) atoms. The molecule has 0 aliphatic heterocycles. The third-order valence-electron chi connectivity index (χ3n) is 3.70. The van der Waals surface area contributed by atoms with Crippen LogP contribution < -0.4 is 15.8 Å². The van der Waals surface area contributed by atoms with Gasteiger partial charge in [0.1, 0.15) is 11.8 Å². The fraction of sp³-hybridized carbons (Fsp3) is 0.222. The molecule has 0 heterocycles. The molecule has 2 rings (SSSR count). The van der Waals surface area contributed by atoms with Crippen molar-refractivity contribution in [2.75, 3.05) is 7.11 Å². The fourth-order valence-electron chi connectivity index (χ4n) is 2.30. The van der Waals surface area contributed by atoms with Crippen molar-refractivity contribution in [2.24, 2.45) is 5.73 Å². The number of primary amides is 1. The van der Waals surface area contributed by atoms with E-state index in [0.29, 0.717) is 11.3 Å². The molecule has 2 aromatic rings. The van der Waals surface area contributed by atoms with Crippen LogP contribution in [0.4, 0.5) is 13.2 Å². The van der Waals surface area contributed by atoms with Crippen molar-refractivity contribution < 1.29 is 27.5 Å². The number of carbonyl (C=O) groups excluding carboxylic acids is 2. The Morgan fingerprint density at radius 1 is 1.15 bits per heavy atom. The number of benzene rings is 2. The van der Waals surface area contributed by atoms with Crippen molar-refractivity contribution in [2.45, 2.75) is 18.6 Å². The average Bonchev–Trinajstić information content (AvgIpc) is 2.61. The zero-order valence-corrected chi connectivity index (χ0v) is 13.8. The monoisotopic (exact) mass is 366 g/mol. The number of nitrogens with one attached hydrogen (secondary N) is 1. The first kappa shape index (κ1) is 19.3. The molecule has 8 heteroatoms. The molecule has 0 aliphatic carbocycles. The number of carbonyl (C=O) groups is 2. The number of hydrogen-bond acceptors (Lipinski definition) is 3. The minimum absolute atomic E-state index is 0.101. The van der Waals surface area contributed by atoms with Gasteiger partial charge in [-0.25, -0.2) is 0 Å². The van der Waals surface area contributed by atoms with Crippen molar-refractivity contribution in [3.05, 3.63) is 65.2 Å². The number of rotatable bonds is 6. The molecule has 0 saturated heterocycles. The molecular weight excluding hydrogens is 349 g/mol. The van der Waals surface area contributed by atoms with Crippen LogP contribution in [0.1, 0.15) is 21.5 Å². The number of methoxy groups -OCH3 is 1. The SMILES string of the molecule is COc1ccc(C[C@@H](NC(=O)c2cccc(C(F)(F)F)c2)C(N)=O)cc1. The van der Waals surface area contributed by atoms with Crippen LogP contribution in [-0.4, -0.2) is 25.0 Å². The molecule has 0 unspecified atom stereocenters. The third kappa shape index (κ3) is 4.98. The second-order valence-electron chi connectivity index (χ2n) is 5.56. The summed E-state index contributed by atoms with van der Waals surface area (Å²) in [4.78, 5) is 23.8. The average molecular weight is 366 g/mol. The van der Waals surface area contributed by atoms with Gasteiger partial charge in [-0.05, 0) is 35.9 Å². The zero-order chi connectivity index (χ0) is 19.3. The molecule has 1 atom stereocenters. The normalized spacial score (nSPS) is 12.3. The van der Waals surface area contributed by atoms with E-state index in [4.69, 9.17) is 10.5 Å². The molecule has 2 aromatic carbocycles. The van der Waals surface area contributed by atoms with E-state index in [1.165, 1.54) is 13.2 Å². The Labute approximate surface area is 148 Å². The second-order valence-corrected chi connectivity index (χ2v) is 5.56. The van der Waals surface area contributed by atoms with Gasteiger partial charge in [-0.2, -0.15) is 13.2 Å². The molecule has 0 bridgehead atoms. The first-order valence-electron chi connectivity index (χ1n) is 7.61. The summed E-state index contributed by atoms with van der Waals surface area (Å²) in [7, 11) is 1.51. The molecule has 5 nitrogen and oxygen atoms in total. The maximum Gasteiger partial charge on any atom is 0.416 e. The van der Waals surface area contributed by atoms with Gasteiger partial charge in [0, 0.05) is 12.0 Å². The van der Waals surface area contributed by atoms with Crippen molar-refractivity contribution in [3.63, 3.8) is 0 Å². The summed E-state index contributed by atoms with van der Waals surface area (Å²) in [5.74, 6) is -0.980. The molecular formula is C18H17F3N2O3. The van der Waals surface area contributed by atoms with Crippen molar-refractivity contribution in [3.8, 4) is 5.75 Å². The minimum atomic E-state index is -4.57. The van der Waals surface area contributed by atoms with Gasteiger partial charge in [-0.3, -0.25) is 9.59 Å². The Bertz CT molecular complexity index is 789. The first-order chi connectivity index (χ1) is 12.2. The Kier molecular flexibility index (Phi) is 5.86. The van der Waals surface area contributed by atoms with Crippen LogP contribution in [0.25, 0.3) is 0 Å². The first-order valence-corrected chi connectivity index (χ1v) is 7.61. The van der Waals surface area contributed by atoms with Crippen LogP contribution >= 0.6 is 0 Å². The van der Waals surface area contributed by atoms with Crippen LogP contribution in [0, 0.1) is 0 Å². The molecule has 0 saturated carbocycles. The Hall–Kier alpha value is -3.03. The van der Waals surface area contributed by atoms with Gasteiger partial charge in [0.15, 0.2) is 0 Å². The lowest BCUT2D eigenvalue weighted by molar-refractivity contribution is -0.137. The highest BCUT2D eigenvalue weighted by molar-refractivity contribution is 5.97. The summed E-state index contributed by atoms with van der Waals surface area (Å²) in [6, 6.07) is 9.64. The van der Waals surface area contributed by atoms with E-state index in [9.17, 15) is 22.8 Å². The van der Waals surface area contributed by atoms with E-state index in [1.807, 2.05) is 0 Å². The molecule has 0 aromatic heterocycles. The van der Waals surface area contributed by atoms with E-state index in [2.05, 4.69) is 5.32 Å². The second kappa shape index (κ2) is 7.90. The van der Waals surface area contributed by atoms with E-state index in [0.717, 1.165) is 18.2 Å². The summed E-state index contributed by atoms with van der Waals surface area (Å²) in [6.07, 6.45) is -4.47. The Morgan fingerprint density at radius 3 is 2.35 bits per heavy atom. The van der Waals surface area contributed by atoms with Crippen molar-refractivity contribution in [1.82, 2.24) is 5.32 Å². The van der Waals surface area contributed by atoms with Gasteiger partial charge >= 0.3 is 6.18 Å². The number of ether oxygens (including phenoxy) is 1. The van der Waals surface area contributed by atoms with Gasteiger partial charge in [0.05, 0.1) is 12.7 Å². The largest absolute Gasteiger partial charge is 0.497 e. The van der Waals surface area contributed by atoms with Crippen LogP contribution in [0.15, 0.2) is 48.5 Å². The number of nitrogens with two attached hydrogens (primary N) is 1. The topological polar surface area (TPSA) is 81.4 Å². The quantitative estimate of drug-likeness (QED) is 0.824. The fourth-order valence-corrected chi connectivity index (χ4v) is 2.30. The molecule has 2 amide bonds. The standard InChI is InChI=1S/C18H17F3N2O3/c1-26-14-7-5-11(6-8-14)9-15(16(22)24)23-17(25)12-3-2-4-13(10-12)18(19,20)21/h2-8,10,15H,9H2,1H3,(H2,22,24)(H,23,25)/t15-/m1/s1. The van der Waals surface area contributed by atoms with Crippen LogP contribution in [-0.2, 0) is 17.4 Å². The lowest BCUT2D eigenvalue weighted by Crippen LogP contribution is -2.45. The summed E-state index contributed by atoms with van der Waals surface area (Å²) >= 11 is 0. The maximum absolute atomic E-state index is 12.8. The summed E-state index contributed by atoms with van der Waals surface area (Å²) in [5, 5.41) is 2.38. The lowest BCUT2D eigenvalue weighted by Gasteiger charge is -2.16. The molecule has 0 aliphatic rings. The number of alkyl halides is 3. The van der Waals surface area contributed by atoms with Gasteiger partial charge in [0.2, 0.25) is 5.91 Å². The molecule has 0 spiro atoms. The predicted molar refractivity (Wildman–Crippen MR) is 88.6 cm³/mol. The predicted octanol–water partition coefficient (Wildman–Crippen LogP) is 2.54. The van der Waals surface area contributed by atoms with Gasteiger partial charge < -0.3 is 15.8 Å². The highest BCUT2D eigenvalue weighted by Gasteiger charge is 2.31. The molecule has 0 radical (unpaired) electrons. The van der Waals surface area contributed by atoms with E-state index >= 15 is 0 Å². The smallest absolute Gasteiger partial charge is 0.416 e. The summed E-state index contributed by atoms with van der Waals surface area (Å²) in [6.45, 7) is 0. The minimum Gasteiger partial charge on any atom is -0.497 e. The van der Waals surface area contributed by atoms with Gasteiger partial charge in [-0.1, -0.05) is 18.2 Å². The lowest BCUT2D eigenvalue weighted by atomic mass is 10.0. The van der Waals surface area contributed by atoms with Gasteiger partial charge in [0.25, 0.3) is 5.91 Å². The third-order valence-corrected chi connectivity index (χ3v) is 3.70. The summed E-state index contributed by atoms with van der Waals surface area (Å²) < 4.78 is 43.3. The Morgan fingerprint density at radius 2 is 1.81 bits per heavy atom. The van der Waals surface area contributed by atoms with Crippen molar-refractivity contribution in [1.29, 1.82) is 0 Å². The highest BCUT2D eigenvalue weighted by atomic mass is 19.4. The number of amides is 2.